The number of carboxylic acid groups (broad SMARTS) is 1. The second kappa shape index (κ2) is 6.79. The van der Waals surface area contributed by atoms with Crippen molar-refractivity contribution in [2.45, 2.75) is 6.18 Å². The molecule has 28 heavy (non-hydrogen) atoms. The number of hydrogen-bond donors (Lipinski definition) is 3. The van der Waals surface area contributed by atoms with Gasteiger partial charge in [-0.25, -0.2) is 13.9 Å². The second-order valence-corrected chi connectivity index (χ2v) is 5.62. The van der Waals surface area contributed by atoms with E-state index >= 15 is 0 Å². The van der Waals surface area contributed by atoms with Crippen molar-refractivity contribution in [3.63, 3.8) is 0 Å². The van der Waals surface area contributed by atoms with E-state index in [2.05, 4.69) is 10.1 Å². The Morgan fingerprint density at radius 2 is 1.93 bits per heavy atom. The summed E-state index contributed by atoms with van der Waals surface area (Å²) < 4.78 is 53.6. The Hall–Kier alpha value is -3.70. The van der Waals surface area contributed by atoms with Crippen molar-refractivity contribution in [2.24, 2.45) is 0 Å². The fraction of sp³-hybridized carbons (Fsp3) is 0.125. The van der Waals surface area contributed by atoms with E-state index in [1.54, 1.807) is 0 Å². The van der Waals surface area contributed by atoms with E-state index < -0.39 is 47.0 Å². The summed E-state index contributed by atoms with van der Waals surface area (Å²) in [5, 5.41) is 13.1. The molecule has 0 radical (unpaired) electrons. The molecule has 2 aromatic heterocycles. The van der Waals surface area contributed by atoms with Gasteiger partial charge >= 0.3 is 12.1 Å². The standard InChI is InChI=1S/C16H10F4N4O4/c17-9-2-7(1-8(3-9)16(18,19)20)10-4-11(25)13(14-22-6-23-24(10)14)15(28)21-5-12(26)27/h1-4,6H,5H2,(H,21,28)(H,22,23)(H,26,27). The van der Waals surface area contributed by atoms with E-state index in [0.29, 0.717) is 12.1 Å². The number of aromatic amines is 1. The van der Waals surface area contributed by atoms with Crippen molar-refractivity contribution in [3.8, 4) is 11.3 Å². The monoisotopic (exact) mass is 398 g/mol. The van der Waals surface area contributed by atoms with Crippen LogP contribution in [0.4, 0.5) is 17.6 Å². The molecule has 0 aliphatic rings. The van der Waals surface area contributed by atoms with Crippen molar-refractivity contribution >= 4 is 17.5 Å². The van der Waals surface area contributed by atoms with Gasteiger partial charge in [0, 0.05) is 11.6 Å². The number of pyridine rings is 1. The molecule has 0 fully saturated rings. The number of carbonyl (C=O) groups excluding carboxylic acids is 1. The number of rotatable bonds is 4. The van der Waals surface area contributed by atoms with Crippen molar-refractivity contribution in [3.05, 3.63) is 57.8 Å². The fourth-order valence-corrected chi connectivity index (χ4v) is 2.57. The summed E-state index contributed by atoms with van der Waals surface area (Å²) in [6, 6.07) is 2.58. The Morgan fingerprint density at radius 1 is 1.21 bits per heavy atom. The van der Waals surface area contributed by atoms with E-state index in [4.69, 9.17) is 5.11 Å². The zero-order valence-electron chi connectivity index (χ0n) is 13.7. The van der Waals surface area contributed by atoms with E-state index in [1.165, 1.54) is 0 Å². The lowest BCUT2D eigenvalue weighted by atomic mass is 10.1. The molecule has 0 spiro atoms. The van der Waals surface area contributed by atoms with Gasteiger partial charge in [0.1, 0.15) is 24.3 Å². The molecule has 0 bridgehead atoms. The van der Waals surface area contributed by atoms with E-state index in [9.17, 15) is 31.9 Å². The zero-order chi connectivity index (χ0) is 20.6. The van der Waals surface area contributed by atoms with Crippen LogP contribution in [0.3, 0.4) is 0 Å². The molecule has 0 aliphatic heterocycles. The van der Waals surface area contributed by atoms with Gasteiger partial charge in [-0.2, -0.15) is 13.2 Å². The number of H-pyrrole nitrogens is 1. The highest BCUT2D eigenvalue weighted by atomic mass is 19.4. The molecule has 8 nitrogen and oxygen atoms in total. The highest BCUT2D eigenvalue weighted by Crippen LogP contribution is 2.33. The van der Waals surface area contributed by atoms with Gasteiger partial charge in [0.15, 0.2) is 11.1 Å². The van der Waals surface area contributed by atoms with E-state index in [-0.39, 0.29) is 16.9 Å². The summed E-state index contributed by atoms with van der Waals surface area (Å²) in [4.78, 5) is 38.9. The Morgan fingerprint density at radius 3 is 2.57 bits per heavy atom. The molecule has 0 atom stereocenters. The summed E-state index contributed by atoms with van der Waals surface area (Å²) in [5.74, 6) is -3.55. The average Bonchev–Trinajstić information content (AvgIpc) is 3.06. The maximum atomic E-state index is 13.7. The Balaban J connectivity index is 2.18. The molecule has 3 rings (SSSR count). The van der Waals surface area contributed by atoms with Crippen molar-refractivity contribution in [1.29, 1.82) is 0 Å². The predicted octanol–water partition coefficient (Wildman–Crippen LogP) is 1.66. The summed E-state index contributed by atoms with van der Waals surface area (Å²) in [7, 11) is 0. The normalized spacial score (nSPS) is 11.6. The van der Waals surface area contributed by atoms with Crippen molar-refractivity contribution in [1.82, 2.24) is 19.9 Å². The minimum Gasteiger partial charge on any atom is -0.480 e. The first kappa shape index (κ1) is 19.1. The van der Waals surface area contributed by atoms with Crippen LogP contribution in [-0.2, 0) is 11.0 Å². The van der Waals surface area contributed by atoms with Crippen LogP contribution in [0.5, 0.6) is 0 Å². The molecule has 1 amide bonds. The average molecular weight is 398 g/mol. The third-order valence-corrected chi connectivity index (χ3v) is 3.71. The Labute approximate surface area is 152 Å². The quantitative estimate of drug-likeness (QED) is 0.578. The van der Waals surface area contributed by atoms with Gasteiger partial charge in [-0.05, 0) is 18.2 Å². The van der Waals surface area contributed by atoms with Gasteiger partial charge in [-0.1, -0.05) is 0 Å². The summed E-state index contributed by atoms with van der Waals surface area (Å²) in [5.41, 5.74) is -3.41. The maximum Gasteiger partial charge on any atom is 0.416 e. The molecule has 0 aliphatic carbocycles. The number of amides is 1. The largest absolute Gasteiger partial charge is 0.480 e. The molecule has 3 N–H and O–H groups in total. The highest BCUT2D eigenvalue weighted by molar-refractivity contribution is 6.01. The molecular formula is C16H10F4N4O4. The number of aliphatic carboxylic acids is 1. The lowest BCUT2D eigenvalue weighted by molar-refractivity contribution is -0.138. The molecular weight excluding hydrogens is 388 g/mol. The topological polar surface area (TPSA) is 117 Å². The van der Waals surface area contributed by atoms with Gasteiger partial charge in [-0.3, -0.25) is 19.5 Å². The van der Waals surface area contributed by atoms with Gasteiger partial charge in [0.25, 0.3) is 5.91 Å². The van der Waals surface area contributed by atoms with Crippen LogP contribution in [0.1, 0.15) is 15.9 Å². The lowest BCUT2D eigenvalue weighted by Gasteiger charge is -2.12. The number of hydrogen-bond acceptors (Lipinski definition) is 4. The first-order chi connectivity index (χ1) is 13.1. The second-order valence-electron chi connectivity index (χ2n) is 5.62. The zero-order valence-corrected chi connectivity index (χ0v) is 13.7. The van der Waals surface area contributed by atoms with E-state index in [1.807, 2.05) is 5.32 Å². The van der Waals surface area contributed by atoms with E-state index in [0.717, 1.165) is 23.0 Å². The van der Waals surface area contributed by atoms with Crippen LogP contribution < -0.4 is 10.7 Å². The Kier molecular flexibility index (Phi) is 4.63. The molecule has 0 saturated carbocycles. The lowest BCUT2D eigenvalue weighted by Crippen LogP contribution is -2.33. The highest BCUT2D eigenvalue weighted by Gasteiger charge is 2.32. The smallest absolute Gasteiger partial charge is 0.416 e. The van der Waals surface area contributed by atoms with Gasteiger partial charge in [0.2, 0.25) is 0 Å². The summed E-state index contributed by atoms with van der Waals surface area (Å²) in [6.45, 7) is -0.755. The number of carbonyl (C=O) groups is 2. The molecule has 146 valence electrons. The fourth-order valence-electron chi connectivity index (χ4n) is 2.57. The minimum atomic E-state index is -4.81. The summed E-state index contributed by atoms with van der Waals surface area (Å²) in [6.07, 6.45) is -3.75. The molecule has 2 heterocycles. The van der Waals surface area contributed by atoms with Crippen LogP contribution in [0.15, 0.2) is 35.4 Å². The van der Waals surface area contributed by atoms with Gasteiger partial charge < -0.3 is 10.4 Å². The van der Waals surface area contributed by atoms with Gasteiger partial charge in [-0.15, -0.1) is 0 Å². The van der Waals surface area contributed by atoms with Crippen molar-refractivity contribution < 1.29 is 32.3 Å². The number of nitrogens with zero attached hydrogens (tertiary/aromatic N) is 2. The minimum absolute atomic E-state index is 0.169. The Bertz CT molecular complexity index is 1150. The van der Waals surface area contributed by atoms with Crippen LogP contribution in [0, 0.1) is 5.82 Å². The van der Waals surface area contributed by atoms with Crippen LogP contribution in [0.25, 0.3) is 16.9 Å². The van der Waals surface area contributed by atoms with Crippen LogP contribution >= 0.6 is 0 Å². The predicted molar refractivity (Wildman–Crippen MR) is 86.2 cm³/mol. The molecule has 1 aromatic carbocycles. The number of nitrogens with one attached hydrogen (secondary N) is 2. The molecule has 12 heteroatoms. The molecule has 0 unspecified atom stereocenters. The third kappa shape index (κ3) is 3.56. The van der Waals surface area contributed by atoms with Gasteiger partial charge in [0.05, 0.1) is 11.3 Å². The molecule has 3 aromatic rings. The first-order valence-corrected chi connectivity index (χ1v) is 7.55. The van der Waals surface area contributed by atoms with Crippen LogP contribution in [0.2, 0.25) is 0 Å². The number of aromatic nitrogens is 3. The van der Waals surface area contributed by atoms with Crippen molar-refractivity contribution in [2.75, 3.05) is 6.54 Å². The number of benzene rings is 1. The molecule has 0 saturated heterocycles. The maximum absolute atomic E-state index is 13.7. The van der Waals surface area contributed by atoms with Crippen LogP contribution in [-0.4, -0.2) is 38.1 Å². The number of carboxylic acids is 1. The SMILES string of the molecule is O=C(O)CNC(=O)c1c(=O)cc(-c2cc(F)cc(C(F)(F)F)c2)n2[nH]cnc12. The number of alkyl halides is 3. The first-order valence-electron chi connectivity index (χ1n) is 7.55. The number of fused-ring (bicyclic) bond motifs is 1. The summed E-state index contributed by atoms with van der Waals surface area (Å²) >= 11 is 0. The third-order valence-electron chi connectivity index (χ3n) is 3.71. The number of halogens is 4.